The third kappa shape index (κ3) is 13.0. The molecule has 2 aliphatic rings. The summed E-state index contributed by atoms with van der Waals surface area (Å²) in [5.41, 5.74) is 3.73. The van der Waals surface area contributed by atoms with Crippen LogP contribution < -0.4 is 5.73 Å². The number of hydrogen-bond acceptors (Lipinski definition) is 9. The van der Waals surface area contributed by atoms with E-state index in [-0.39, 0.29) is 49.2 Å². The Morgan fingerprint density at radius 3 is 2.64 bits per heavy atom. The van der Waals surface area contributed by atoms with Crippen LogP contribution in [0.2, 0.25) is 0 Å². The zero-order chi connectivity index (χ0) is 31.3. The molecule has 0 spiro atoms. The lowest BCUT2D eigenvalue weighted by molar-refractivity contribution is -0.152. The highest BCUT2D eigenvalue weighted by atomic mass is 31.2. The normalized spacial score (nSPS) is 26.5. The number of allylic oxidation sites excluding steroid dienone is 3. The molecule has 11 nitrogen and oxygen atoms in total. The first-order chi connectivity index (χ1) is 19.7. The van der Waals surface area contributed by atoms with Crippen LogP contribution in [0.5, 0.6) is 0 Å². The molecule has 0 aromatic carbocycles. The van der Waals surface area contributed by atoms with E-state index in [1.165, 1.54) is 24.3 Å². The molecule has 2 rings (SSSR count). The summed E-state index contributed by atoms with van der Waals surface area (Å²) in [6, 6.07) is 0. The van der Waals surface area contributed by atoms with Gasteiger partial charge in [-0.1, -0.05) is 57.2 Å². The Bertz CT molecular complexity index is 1040. The van der Waals surface area contributed by atoms with Gasteiger partial charge in [0.25, 0.3) is 0 Å². The first-order valence-corrected chi connectivity index (χ1v) is 16.2. The van der Waals surface area contributed by atoms with Crippen molar-refractivity contribution in [1.82, 2.24) is 0 Å². The molecule has 0 aromatic heterocycles. The number of phosphoric ester groups is 1. The zero-order valence-electron chi connectivity index (χ0n) is 24.8. The first kappa shape index (κ1) is 36.1. The van der Waals surface area contributed by atoms with Crippen molar-refractivity contribution in [2.75, 3.05) is 6.54 Å². The van der Waals surface area contributed by atoms with Crippen LogP contribution in [-0.4, -0.2) is 68.5 Å². The van der Waals surface area contributed by atoms with E-state index >= 15 is 0 Å². The molecule has 42 heavy (non-hydrogen) atoms. The van der Waals surface area contributed by atoms with E-state index < -0.39 is 37.7 Å². The zero-order valence-corrected chi connectivity index (χ0v) is 25.7. The Labute approximate surface area is 248 Å². The minimum Gasteiger partial charge on any atom is -0.462 e. The summed E-state index contributed by atoms with van der Waals surface area (Å²) in [7, 11) is -5.07. The predicted octanol–water partition coefficient (Wildman–Crippen LogP) is 3.62. The summed E-state index contributed by atoms with van der Waals surface area (Å²) in [4.78, 5) is 42.9. The van der Waals surface area contributed by atoms with Gasteiger partial charge in [0.15, 0.2) is 0 Å². The summed E-state index contributed by atoms with van der Waals surface area (Å²) in [5, 5.41) is 22.1. The van der Waals surface area contributed by atoms with E-state index in [1.54, 1.807) is 18.2 Å². The fourth-order valence-corrected chi connectivity index (χ4v) is 5.81. The molecule has 12 heteroatoms. The van der Waals surface area contributed by atoms with Gasteiger partial charge in [-0.05, 0) is 63.0 Å². The second-order valence-corrected chi connectivity index (χ2v) is 12.7. The fourth-order valence-electron chi connectivity index (χ4n) is 5.21. The van der Waals surface area contributed by atoms with Crippen LogP contribution in [0.1, 0.15) is 72.1 Å². The Balaban J connectivity index is 2.08. The number of cyclic esters (lactones) is 1. The SMILES string of the molecule is CCC1C=CC(=O)OC1/C=C/C(O)(CCN)C(CC(O)/C=C/C=C/C1CCCC(OC(=O)CC(C)C)C1)OP(=O)(O)O. The van der Waals surface area contributed by atoms with E-state index in [9.17, 15) is 34.2 Å². The summed E-state index contributed by atoms with van der Waals surface area (Å²) < 4.78 is 27.7. The van der Waals surface area contributed by atoms with Gasteiger partial charge in [-0.2, -0.15) is 0 Å². The summed E-state index contributed by atoms with van der Waals surface area (Å²) in [6.45, 7) is 5.81. The van der Waals surface area contributed by atoms with E-state index in [4.69, 9.17) is 19.7 Å². The number of aliphatic hydroxyl groups is 2. The van der Waals surface area contributed by atoms with Crippen LogP contribution in [0.4, 0.5) is 0 Å². The number of aliphatic hydroxyl groups excluding tert-OH is 1. The first-order valence-electron chi connectivity index (χ1n) is 14.7. The fraction of sp³-hybridized carbons (Fsp3) is 0.667. The third-order valence-corrected chi connectivity index (χ3v) is 7.92. The number of carbonyl (C=O) groups is 2. The monoisotopic (exact) mass is 613 g/mol. The van der Waals surface area contributed by atoms with Crippen molar-refractivity contribution in [3.63, 3.8) is 0 Å². The molecule has 0 radical (unpaired) electrons. The molecule has 7 atom stereocenters. The standard InChI is InChI=1S/C30H48NO10P/c1-4-23-12-13-28(33)40-26(23)14-15-30(35,16-17-31)27(41-42(36,37)38)20-24(32)10-6-5-8-22-9-7-11-25(19-22)39-29(34)18-21(2)3/h5-6,8,10,12-15,21-27,32,35H,4,7,9,11,16-20,31H2,1-3H3,(H2,36,37,38)/b8-5+,10-6+,15-14+. The van der Waals surface area contributed by atoms with Crippen LogP contribution in [0, 0.1) is 17.8 Å². The number of esters is 2. The van der Waals surface area contributed by atoms with E-state index in [2.05, 4.69) is 0 Å². The van der Waals surface area contributed by atoms with Crippen LogP contribution in [0.15, 0.2) is 48.6 Å². The van der Waals surface area contributed by atoms with Gasteiger partial charge in [0, 0.05) is 24.8 Å². The van der Waals surface area contributed by atoms with Crippen molar-refractivity contribution >= 4 is 19.8 Å². The molecule has 0 saturated heterocycles. The second-order valence-electron chi connectivity index (χ2n) is 11.5. The molecule has 7 unspecified atom stereocenters. The van der Waals surface area contributed by atoms with Crippen molar-refractivity contribution in [3.8, 4) is 0 Å². The molecule has 1 aliphatic carbocycles. The highest BCUT2D eigenvalue weighted by molar-refractivity contribution is 7.46. The molecule has 1 fully saturated rings. The maximum Gasteiger partial charge on any atom is 0.469 e. The minimum atomic E-state index is -5.07. The lowest BCUT2D eigenvalue weighted by Crippen LogP contribution is -2.45. The molecule has 0 aromatic rings. The van der Waals surface area contributed by atoms with Gasteiger partial charge in [-0.25, -0.2) is 9.36 Å². The Hall–Kier alpha value is -2.11. The minimum absolute atomic E-state index is 0.0484. The van der Waals surface area contributed by atoms with Crippen LogP contribution in [0.25, 0.3) is 0 Å². The second kappa shape index (κ2) is 17.3. The van der Waals surface area contributed by atoms with E-state index in [0.29, 0.717) is 12.8 Å². The van der Waals surface area contributed by atoms with Crippen molar-refractivity contribution in [3.05, 3.63) is 48.6 Å². The third-order valence-electron chi connectivity index (χ3n) is 7.39. The van der Waals surface area contributed by atoms with Gasteiger partial charge in [0.1, 0.15) is 23.9 Å². The van der Waals surface area contributed by atoms with Crippen LogP contribution >= 0.6 is 7.82 Å². The molecule has 1 heterocycles. The lowest BCUT2D eigenvalue weighted by atomic mass is 9.86. The van der Waals surface area contributed by atoms with Crippen LogP contribution in [-0.2, 0) is 28.2 Å². The molecular weight excluding hydrogens is 565 g/mol. The average Bonchev–Trinajstić information content (AvgIpc) is 2.89. The number of rotatable bonds is 16. The number of hydrogen-bond donors (Lipinski definition) is 5. The van der Waals surface area contributed by atoms with Gasteiger partial charge in [0.2, 0.25) is 0 Å². The van der Waals surface area contributed by atoms with Crippen LogP contribution in [0.3, 0.4) is 0 Å². The molecular formula is C30H48NO10P. The van der Waals surface area contributed by atoms with Crippen molar-refractivity contribution in [1.29, 1.82) is 0 Å². The summed E-state index contributed by atoms with van der Waals surface area (Å²) in [6.07, 6.45) is 13.0. The van der Waals surface area contributed by atoms with Gasteiger partial charge in [-0.15, -0.1) is 0 Å². The Morgan fingerprint density at radius 1 is 1.26 bits per heavy atom. The van der Waals surface area contributed by atoms with E-state index in [1.807, 2.05) is 26.8 Å². The number of carbonyl (C=O) groups excluding carboxylic acids is 2. The maximum atomic E-state index is 12.0. The average molecular weight is 614 g/mol. The summed E-state index contributed by atoms with van der Waals surface area (Å²) >= 11 is 0. The van der Waals surface area contributed by atoms with Crippen molar-refractivity contribution in [2.45, 2.75) is 102 Å². The van der Waals surface area contributed by atoms with Gasteiger partial charge >= 0.3 is 19.8 Å². The van der Waals surface area contributed by atoms with Gasteiger partial charge in [-0.3, -0.25) is 9.32 Å². The predicted molar refractivity (Wildman–Crippen MR) is 158 cm³/mol. The maximum absolute atomic E-state index is 12.0. The molecule has 238 valence electrons. The molecule has 6 N–H and O–H groups in total. The Morgan fingerprint density at radius 2 is 2.00 bits per heavy atom. The highest BCUT2D eigenvalue weighted by Gasteiger charge is 2.40. The molecule has 0 bridgehead atoms. The van der Waals surface area contributed by atoms with Gasteiger partial charge < -0.3 is 35.2 Å². The van der Waals surface area contributed by atoms with Crippen molar-refractivity contribution < 1.29 is 48.2 Å². The van der Waals surface area contributed by atoms with Gasteiger partial charge in [0.05, 0.1) is 6.10 Å². The Kier molecular flexibility index (Phi) is 14.8. The highest BCUT2D eigenvalue weighted by Crippen LogP contribution is 2.42. The quantitative estimate of drug-likeness (QED) is 0.0741. The number of phosphoric acid groups is 1. The lowest BCUT2D eigenvalue weighted by Gasteiger charge is -2.35. The largest absolute Gasteiger partial charge is 0.469 e. The topological polar surface area (TPSA) is 186 Å². The molecule has 1 aliphatic heterocycles. The smallest absolute Gasteiger partial charge is 0.462 e. The summed E-state index contributed by atoms with van der Waals surface area (Å²) in [5.74, 6) is -0.414. The molecule has 0 amide bonds. The number of nitrogens with two attached hydrogens (primary N) is 1. The van der Waals surface area contributed by atoms with Crippen molar-refractivity contribution in [2.24, 2.45) is 23.5 Å². The van der Waals surface area contributed by atoms with E-state index in [0.717, 1.165) is 25.7 Å². The number of ether oxygens (including phenoxy) is 2. The molecule has 1 saturated carbocycles.